The largest absolute Gasteiger partial charge is 0.482 e. The molecule has 0 aliphatic heterocycles. The van der Waals surface area contributed by atoms with Crippen LogP contribution in [0.4, 0.5) is 10.5 Å². The van der Waals surface area contributed by atoms with Crippen molar-refractivity contribution in [3.05, 3.63) is 34.4 Å². The van der Waals surface area contributed by atoms with Crippen LogP contribution in [0.2, 0.25) is 0 Å². The van der Waals surface area contributed by atoms with Gasteiger partial charge >= 0.3 is 12.0 Å². The van der Waals surface area contributed by atoms with Crippen molar-refractivity contribution >= 4 is 23.6 Å². The molecule has 0 aliphatic rings. The number of urea groups is 1. The van der Waals surface area contributed by atoms with Gasteiger partial charge < -0.3 is 14.8 Å². The van der Waals surface area contributed by atoms with Gasteiger partial charge in [0.2, 0.25) is 0 Å². The summed E-state index contributed by atoms with van der Waals surface area (Å²) in [7, 11) is 0. The van der Waals surface area contributed by atoms with Crippen molar-refractivity contribution < 1.29 is 28.8 Å². The Labute approximate surface area is 150 Å². The molecule has 0 heterocycles. The summed E-state index contributed by atoms with van der Waals surface area (Å²) in [6.07, 6.45) is -1.20. The van der Waals surface area contributed by atoms with Crippen LogP contribution in [0, 0.1) is 10.1 Å². The summed E-state index contributed by atoms with van der Waals surface area (Å²) in [4.78, 5) is 45.1. The van der Waals surface area contributed by atoms with Gasteiger partial charge in [0.25, 0.3) is 11.6 Å². The smallest absolute Gasteiger partial charge is 0.344 e. The van der Waals surface area contributed by atoms with Crippen LogP contribution in [0.25, 0.3) is 0 Å². The van der Waals surface area contributed by atoms with Crippen molar-refractivity contribution in [1.82, 2.24) is 10.6 Å². The number of hydrogen-bond acceptors (Lipinski definition) is 7. The Hall–Kier alpha value is -3.17. The fraction of sp³-hybridized carbons (Fsp3) is 0.438. The number of nitro groups is 1. The quantitative estimate of drug-likeness (QED) is 0.442. The van der Waals surface area contributed by atoms with E-state index >= 15 is 0 Å². The van der Waals surface area contributed by atoms with Crippen LogP contribution >= 0.6 is 0 Å². The molecule has 0 fully saturated rings. The Bertz CT molecular complexity index is 680. The molecule has 142 valence electrons. The normalized spacial score (nSPS) is 11.8. The number of non-ortho nitro benzene ring substituents is 1. The second kappa shape index (κ2) is 8.79. The molecule has 0 radical (unpaired) electrons. The van der Waals surface area contributed by atoms with Gasteiger partial charge in [0.05, 0.1) is 4.92 Å². The number of esters is 1. The highest BCUT2D eigenvalue weighted by Crippen LogP contribution is 2.17. The summed E-state index contributed by atoms with van der Waals surface area (Å²) in [5, 5.41) is 15.1. The lowest BCUT2D eigenvalue weighted by molar-refractivity contribution is -0.384. The predicted octanol–water partition coefficient (Wildman–Crippen LogP) is 1.53. The Balaban J connectivity index is 2.42. The highest BCUT2D eigenvalue weighted by Gasteiger charge is 2.22. The fourth-order valence-corrected chi connectivity index (χ4v) is 1.68. The molecule has 1 aromatic rings. The van der Waals surface area contributed by atoms with Gasteiger partial charge in [-0.05, 0) is 39.8 Å². The zero-order valence-electron chi connectivity index (χ0n) is 14.9. The number of benzene rings is 1. The third-order valence-electron chi connectivity index (χ3n) is 2.81. The number of ether oxygens (including phenoxy) is 2. The van der Waals surface area contributed by atoms with Crippen LogP contribution < -0.4 is 15.4 Å². The van der Waals surface area contributed by atoms with Gasteiger partial charge in [-0.15, -0.1) is 0 Å². The zero-order valence-corrected chi connectivity index (χ0v) is 14.9. The van der Waals surface area contributed by atoms with Gasteiger partial charge in [0.1, 0.15) is 5.75 Å². The van der Waals surface area contributed by atoms with Gasteiger partial charge in [-0.3, -0.25) is 20.2 Å². The number of amides is 3. The van der Waals surface area contributed by atoms with E-state index in [0.717, 1.165) is 0 Å². The standard InChI is InChI=1S/C16H21N3O7/c1-10(14(21)17-15(22)18-16(2,3)4)26-13(20)9-25-12-7-5-11(6-8-12)19(23)24/h5-8,10H,9H2,1-4H3,(H2,17,18,21,22)/t10-/m0/s1. The molecule has 10 heteroatoms. The van der Waals surface area contributed by atoms with Gasteiger partial charge in [-0.25, -0.2) is 9.59 Å². The van der Waals surface area contributed by atoms with E-state index < -0.39 is 41.1 Å². The molecule has 3 amide bonds. The van der Waals surface area contributed by atoms with Gasteiger partial charge in [0.15, 0.2) is 12.7 Å². The van der Waals surface area contributed by atoms with Crippen LogP contribution in [0.5, 0.6) is 5.75 Å². The maximum Gasteiger partial charge on any atom is 0.344 e. The molecule has 0 spiro atoms. The molecule has 0 aromatic heterocycles. The average Bonchev–Trinajstić information content (AvgIpc) is 2.51. The lowest BCUT2D eigenvalue weighted by Crippen LogP contribution is -2.50. The highest BCUT2D eigenvalue weighted by molar-refractivity contribution is 5.97. The SMILES string of the molecule is C[C@H](OC(=O)COc1ccc([N+](=O)[O-])cc1)C(=O)NC(=O)NC(C)(C)C. The molecular weight excluding hydrogens is 346 g/mol. The van der Waals surface area contributed by atoms with Crippen LogP contribution in [0.1, 0.15) is 27.7 Å². The van der Waals surface area contributed by atoms with Crippen LogP contribution in [0.15, 0.2) is 24.3 Å². The molecule has 0 aliphatic carbocycles. The number of carbonyl (C=O) groups is 3. The lowest BCUT2D eigenvalue weighted by Gasteiger charge is -2.21. The Kier molecular flexibility index (Phi) is 7.06. The van der Waals surface area contributed by atoms with Gasteiger partial charge in [0, 0.05) is 17.7 Å². The van der Waals surface area contributed by atoms with E-state index in [4.69, 9.17) is 9.47 Å². The summed E-state index contributed by atoms with van der Waals surface area (Å²) in [5.41, 5.74) is -0.637. The molecule has 10 nitrogen and oxygen atoms in total. The van der Waals surface area contributed by atoms with E-state index in [9.17, 15) is 24.5 Å². The summed E-state index contributed by atoms with van der Waals surface area (Å²) < 4.78 is 9.98. The minimum Gasteiger partial charge on any atom is -0.482 e. The first kappa shape index (κ1) is 20.9. The molecular formula is C16H21N3O7. The number of carbonyl (C=O) groups excluding carboxylic acids is 3. The third-order valence-corrected chi connectivity index (χ3v) is 2.81. The third kappa shape index (κ3) is 7.60. The van der Waals surface area contributed by atoms with Crippen molar-refractivity contribution in [3.8, 4) is 5.75 Å². The molecule has 1 rings (SSSR count). The Morgan fingerprint density at radius 2 is 1.77 bits per heavy atom. The number of nitrogens with zero attached hydrogens (tertiary/aromatic N) is 1. The van der Waals surface area contributed by atoms with Gasteiger partial charge in [-0.2, -0.15) is 0 Å². The monoisotopic (exact) mass is 367 g/mol. The molecule has 0 bridgehead atoms. The van der Waals surface area contributed by atoms with Crippen molar-refractivity contribution in [2.24, 2.45) is 0 Å². The number of nitro benzene ring substituents is 1. The minimum absolute atomic E-state index is 0.112. The molecule has 0 unspecified atom stereocenters. The first-order valence-corrected chi connectivity index (χ1v) is 7.67. The molecule has 1 aromatic carbocycles. The second-order valence-corrected chi connectivity index (χ2v) is 6.37. The van der Waals surface area contributed by atoms with E-state index in [0.29, 0.717) is 0 Å². The maximum atomic E-state index is 11.8. The Morgan fingerprint density at radius 3 is 2.27 bits per heavy atom. The number of rotatable bonds is 6. The summed E-state index contributed by atoms with van der Waals surface area (Å²) in [6, 6.07) is 4.42. The molecule has 1 atom stereocenters. The van der Waals surface area contributed by atoms with Crippen molar-refractivity contribution in [2.45, 2.75) is 39.3 Å². The van der Waals surface area contributed by atoms with Crippen molar-refractivity contribution in [1.29, 1.82) is 0 Å². The number of hydrogen-bond donors (Lipinski definition) is 2. The highest BCUT2D eigenvalue weighted by atomic mass is 16.6. The average molecular weight is 367 g/mol. The Morgan fingerprint density at radius 1 is 1.19 bits per heavy atom. The van der Waals surface area contributed by atoms with E-state index in [1.165, 1.54) is 31.2 Å². The van der Waals surface area contributed by atoms with Crippen LogP contribution in [0.3, 0.4) is 0 Å². The number of nitrogens with one attached hydrogen (secondary N) is 2. The fourth-order valence-electron chi connectivity index (χ4n) is 1.68. The first-order valence-electron chi connectivity index (χ1n) is 7.67. The summed E-state index contributed by atoms with van der Waals surface area (Å²) in [6.45, 7) is 6.05. The number of imide groups is 1. The lowest BCUT2D eigenvalue weighted by atomic mass is 10.1. The molecule has 0 saturated heterocycles. The van der Waals surface area contributed by atoms with Crippen LogP contribution in [-0.4, -0.2) is 41.1 Å². The first-order chi connectivity index (χ1) is 12.0. The van der Waals surface area contributed by atoms with Crippen molar-refractivity contribution in [2.75, 3.05) is 6.61 Å². The minimum atomic E-state index is -1.20. The van der Waals surface area contributed by atoms with E-state index in [-0.39, 0.29) is 11.4 Å². The molecule has 2 N–H and O–H groups in total. The van der Waals surface area contributed by atoms with Crippen LogP contribution in [-0.2, 0) is 14.3 Å². The predicted molar refractivity (Wildman–Crippen MR) is 90.6 cm³/mol. The summed E-state index contributed by atoms with van der Waals surface area (Å²) >= 11 is 0. The van der Waals surface area contributed by atoms with E-state index in [2.05, 4.69) is 10.6 Å². The van der Waals surface area contributed by atoms with Crippen molar-refractivity contribution in [3.63, 3.8) is 0 Å². The second-order valence-electron chi connectivity index (χ2n) is 6.37. The van der Waals surface area contributed by atoms with E-state index in [1.54, 1.807) is 20.8 Å². The molecule has 0 saturated carbocycles. The topological polar surface area (TPSA) is 137 Å². The summed E-state index contributed by atoms with van der Waals surface area (Å²) in [5.74, 6) is -1.38. The van der Waals surface area contributed by atoms with E-state index in [1.807, 2.05) is 0 Å². The maximum absolute atomic E-state index is 11.8. The van der Waals surface area contributed by atoms with Gasteiger partial charge in [-0.1, -0.05) is 0 Å². The molecule has 26 heavy (non-hydrogen) atoms. The zero-order chi connectivity index (χ0) is 19.9.